The van der Waals surface area contributed by atoms with E-state index in [9.17, 15) is 8.42 Å². The van der Waals surface area contributed by atoms with Crippen molar-refractivity contribution in [3.8, 4) is 0 Å². The first kappa shape index (κ1) is 12.7. The molecule has 0 heterocycles. The first-order valence-corrected chi connectivity index (χ1v) is 7.55. The molecule has 1 N–H and O–H groups in total. The van der Waals surface area contributed by atoms with Crippen molar-refractivity contribution in [1.82, 2.24) is 5.32 Å². The molecule has 15 heavy (non-hydrogen) atoms. The summed E-state index contributed by atoms with van der Waals surface area (Å²) >= 11 is 0. The van der Waals surface area contributed by atoms with Gasteiger partial charge >= 0.3 is 0 Å². The molecule has 0 amide bonds. The van der Waals surface area contributed by atoms with Crippen LogP contribution in [0.1, 0.15) is 32.6 Å². The zero-order valence-electron chi connectivity index (χ0n) is 9.41. The smallest absolute Gasteiger partial charge is 0.151 e. The third kappa shape index (κ3) is 5.33. The Balaban J connectivity index is 2.18. The summed E-state index contributed by atoms with van der Waals surface area (Å²) in [6.07, 6.45) is 8.35. The molecule has 0 saturated heterocycles. The molecule has 0 aromatic rings. The fraction of sp³-hybridized carbons (Fsp3) is 0.818. The maximum atomic E-state index is 11.4. The van der Waals surface area contributed by atoms with Crippen molar-refractivity contribution in [3.05, 3.63) is 12.2 Å². The summed E-state index contributed by atoms with van der Waals surface area (Å²) in [6, 6.07) is 0.479. The average Bonchev–Trinajstić information content (AvgIpc) is 2.19. The third-order valence-corrected chi connectivity index (χ3v) is 4.49. The van der Waals surface area contributed by atoms with Crippen molar-refractivity contribution in [2.75, 3.05) is 18.1 Å². The van der Waals surface area contributed by atoms with Crippen LogP contribution in [0.25, 0.3) is 0 Å². The lowest BCUT2D eigenvalue weighted by Crippen LogP contribution is -2.34. The molecule has 1 unspecified atom stereocenters. The molecule has 4 heteroatoms. The van der Waals surface area contributed by atoms with E-state index in [0.717, 1.165) is 19.3 Å². The molecule has 1 aliphatic carbocycles. The van der Waals surface area contributed by atoms with Crippen LogP contribution in [0.2, 0.25) is 0 Å². The van der Waals surface area contributed by atoms with Gasteiger partial charge in [-0.25, -0.2) is 8.42 Å². The minimum Gasteiger partial charge on any atom is -0.313 e. The zero-order valence-corrected chi connectivity index (χ0v) is 10.2. The minimum atomic E-state index is -2.81. The van der Waals surface area contributed by atoms with Crippen molar-refractivity contribution in [1.29, 1.82) is 0 Å². The standard InChI is InChI=1S/C11H21NO2S/c1-2-9-15(13,14)10-8-12-11-6-4-3-5-7-11/h3-4,11-12H,2,5-10H2,1H3. The van der Waals surface area contributed by atoms with Crippen LogP contribution in [0.3, 0.4) is 0 Å². The quantitative estimate of drug-likeness (QED) is 0.705. The maximum absolute atomic E-state index is 11.4. The largest absolute Gasteiger partial charge is 0.313 e. The van der Waals surface area contributed by atoms with Crippen LogP contribution in [0.4, 0.5) is 0 Å². The zero-order chi connectivity index (χ0) is 11.1. The topological polar surface area (TPSA) is 46.2 Å². The normalized spacial score (nSPS) is 21.8. The van der Waals surface area contributed by atoms with Crippen LogP contribution < -0.4 is 5.32 Å². The van der Waals surface area contributed by atoms with Gasteiger partial charge in [0.15, 0.2) is 9.84 Å². The van der Waals surface area contributed by atoms with Crippen molar-refractivity contribution < 1.29 is 8.42 Å². The van der Waals surface area contributed by atoms with Crippen molar-refractivity contribution in [2.24, 2.45) is 0 Å². The highest BCUT2D eigenvalue weighted by atomic mass is 32.2. The molecular formula is C11H21NO2S. The molecule has 0 aromatic carbocycles. The van der Waals surface area contributed by atoms with Crippen molar-refractivity contribution in [2.45, 2.75) is 38.6 Å². The highest BCUT2D eigenvalue weighted by Crippen LogP contribution is 2.10. The summed E-state index contributed by atoms with van der Waals surface area (Å²) in [5.74, 6) is 0.598. The van der Waals surface area contributed by atoms with Gasteiger partial charge in [0, 0.05) is 18.3 Å². The Morgan fingerprint density at radius 1 is 1.33 bits per heavy atom. The van der Waals surface area contributed by atoms with Crippen LogP contribution in [-0.2, 0) is 9.84 Å². The van der Waals surface area contributed by atoms with Gasteiger partial charge in [-0.3, -0.25) is 0 Å². The Morgan fingerprint density at radius 2 is 2.13 bits per heavy atom. The van der Waals surface area contributed by atoms with E-state index in [-0.39, 0.29) is 5.75 Å². The van der Waals surface area contributed by atoms with Crippen LogP contribution in [0.5, 0.6) is 0 Å². The summed E-state index contributed by atoms with van der Waals surface area (Å²) in [5.41, 5.74) is 0. The number of hydrogen-bond acceptors (Lipinski definition) is 3. The highest BCUT2D eigenvalue weighted by Gasteiger charge is 2.12. The minimum absolute atomic E-state index is 0.279. The van der Waals surface area contributed by atoms with E-state index in [2.05, 4.69) is 17.5 Å². The first-order chi connectivity index (χ1) is 7.14. The molecule has 0 aromatic heterocycles. The van der Waals surface area contributed by atoms with Crippen molar-refractivity contribution >= 4 is 9.84 Å². The van der Waals surface area contributed by atoms with E-state index in [1.54, 1.807) is 0 Å². The van der Waals surface area contributed by atoms with Crippen LogP contribution >= 0.6 is 0 Å². The van der Waals surface area contributed by atoms with E-state index in [1.165, 1.54) is 0 Å². The lowest BCUT2D eigenvalue weighted by Gasteiger charge is -2.19. The van der Waals surface area contributed by atoms with Crippen LogP contribution in [0.15, 0.2) is 12.2 Å². The summed E-state index contributed by atoms with van der Waals surface area (Å²) in [4.78, 5) is 0. The highest BCUT2D eigenvalue weighted by molar-refractivity contribution is 7.91. The maximum Gasteiger partial charge on any atom is 0.151 e. The molecule has 1 atom stereocenters. The van der Waals surface area contributed by atoms with Gasteiger partial charge in [-0.1, -0.05) is 19.1 Å². The fourth-order valence-electron chi connectivity index (χ4n) is 1.81. The van der Waals surface area contributed by atoms with E-state index < -0.39 is 9.84 Å². The number of hydrogen-bond donors (Lipinski definition) is 1. The second-order valence-electron chi connectivity index (χ2n) is 4.09. The van der Waals surface area contributed by atoms with E-state index in [0.29, 0.717) is 24.8 Å². The van der Waals surface area contributed by atoms with Gasteiger partial charge in [-0.15, -0.1) is 0 Å². The van der Waals surface area contributed by atoms with E-state index in [1.807, 2.05) is 6.92 Å². The van der Waals surface area contributed by atoms with Gasteiger partial charge in [-0.2, -0.15) is 0 Å². The SMILES string of the molecule is CCCS(=O)(=O)CCNC1CC=CCC1. The molecule has 3 nitrogen and oxygen atoms in total. The summed E-state index contributed by atoms with van der Waals surface area (Å²) < 4.78 is 22.8. The molecule has 0 radical (unpaired) electrons. The molecule has 0 fully saturated rings. The van der Waals surface area contributed by atoms with Gasteiger partial charge in [0.25, 0.3) is 0 Å². The Bertz CT molecular complexity index is 296. The molecule has 0 saturated carbocycles. The van der Waals surface area contributed by atoms with E-state index in [4.69, 9.17) is 0 Å². The molecule has 88 valence electrons. The predicted molar refractivity (Wildman–Crippen MR) is 63.7 cm³/mol. The van der Waals surface area contributed by atoms with Gasteiger partial charge in [0.2, 0.25) is 0 Å². The molecular weight excluding hydrogens is 210 g/mol. The predicted octanol–water partition coefficient (Wildman–Crippen LogP) is 1.51. The second-order valence-corrected chi connectivity index (χ2v) is 6.39. The number of nitrogens with one attached hydrogen (secondary N) is 1. The van der Waals surface area contributed by atoms with Crippen LogP contribution in [0, 0.1) is 0 Å². The van der Waals surface area contributed by atoms with Gasteiger partial charge in [-0.05, 0) is 25.7 Å². The molecule has 0 spiro atoms. The van der Waals surface area contributed by atoms with Gasteiger partial charge in [0.1, 0.15) is 0 Å². The Hall–Kier alpha value is -0.350. The summed E-state index contributed by atoms with van der Waals surface area (Å²) in [7, 11) is -2.81. The number of rotatable bonds is 6. The van der Waals surface area contributed by atoms with Gasteiger partial charge < -0.3 is 5.32 Å². The number of allylic oxidation sites excluding steroid dienone is 1. The fourth-order valence-corrected chi connectivity index (χ4v) is 3.07. The Morgan fingerprint density at radius 3 is 2.73 bits per heavy atom. The molecule has 0 aliphatic heterocycles. The molecule has 1 aliphatic rings. The Kier molecular flexibility index (Phi) is 5.32. The van der Waals surface area contributed by atoms with E-state index >= 15 is 0 Å². The average molecular weight is 231 g/mol. The third-order valence-electron chi connectivity index (χ3n) is 2.63. The Labute approximate surface area is 92.9 Å². The molecule has 0 bridgehead atoms. The summed E-state index contributed by atoms with van der Waals surface area (Å²) in [6.45, 7) is 2.50. The lowest BCUT2D eigenvalue weighted by molar-refractivity contribution is 0.487. The monoisotopic (exact) mass is 231 g/mol. The first-order valence-electron chi connectivity index (χ1n) is 5.73. The number of sulfone groups is 1. The van der Waals surface area contributed by atoms with Gasteiger partial charge in [0.05, 0.1) is 5.75 Å². The second kappa shape index (κ2) is 6.28. The lowest BCUT2D eigenvalue weighted by atomic mass is 10.0. The van der Waals surface area contributed by atoms with Crippen molar-refractivity contribution in [3.63, 3.8) is 0 Å². The van der Waals surface area contributed by atoms with Crippen LogP contribution in [-0.4, -0.2) is 32.5 Å². The molecule has 1 rings (SSSR count). The summed E-state index contributed by atoms with van der Waals surface area (Å²) in [5, 5.41) is 3.31.